The molecule has 0 aromatic carbocycles. The van der Waals surface area contributed by atoms with E-state index in [1.165, 1.54) is 12.8 Å². The van der Waals surface area contributed by atoms with Gasteiger partial charge in [-0.25, -0.2) is 0 Å². The van der Waals surface area contributed by atoms with Gasteiger partial charge in [-0.3, -0.25) is 0 Å². The van der Waals surface area contributed by atoms with Crippen molar-refractivity contribution in [2.45, 2.75) is 51.0 Å². The number of hydrogen-bond acceptors (Lipinski definition) is 5. The van der Waals surface area contributed by atoms with Gasteiger partial charge >= 0.3 is 0 Å². The van der Waals surface area contributed by atoms with Crippen molar-refractivity contribution < 1.29 is 9.26 Å². The molecule has 0 amide bonds. The first kappa shape index (κ1) is 13.1. The van der Waals surface area contributed by atoms with Crippen LogP contribution in [0, 0.1) is 5.92 Å². The summed E-state index contributed by atoms with van der Waals surface area (Å²) in [4.78, 5) is 4.61. The van der Waals surface area contributed by atoms with Crippen molar-refractivity contribution in [2.75, 3.05) is 19.7 Å². The lowest BCUT2D eigenvalue weighted by Crippen LogP contribution is -2.41. The Bertz CT molecular complexity index is 418. The molecular formula is C14H23N3O2. The maximum absolute atomic E-state index is 5.61. The molecule has 3 rings (SSSR count). The van der Waals surface area contributed by atoms with Gasteiger partial charge in [0.05, 0.1) is 0 Å². The van der Waals surface area contributed by atoms with Gasteiger partial charge in [-0.1, -0.05) is 19.0 Å². The van der Waals surface area contributed by atoms with Crippen LogP contribution in [-0.2, 0) is 10.2 Å². The van der Waals surface area contributed by atoms with Crippen molar-refractivity contribution in [2.24, 2.45) is 5.92 Å². The molecule has 2 aliphatic rings. The second-order valence-electron chi connectivity index (χ2n) is 6.22. The highest BCUT2D eigenvalue weighted by molar-refractivity contribution is 5.06. The summed E-state index contributed by atoms with van der Waals surface area (Å²) in [6, 6.07) is 0. The summed E-state index contributed by atoms with van der Waals surface area (Å²) in [6.07, 6.45) is 4.57. The van der Waals surface area contributed by atoms with E-state index in [0.717, 1.165) is 44.3 Å². The minimum Gasteiger partial charge on any atom is -0.370 e. The predicted molar refractivity (Wildman–Crippen MR) is 70.8 cm³/mol. The SMILES string of the molecule is CC(C)(c1nc(C2CCCO2)no1)C1CCCNC1. The Hall–Kier alpha value is -0.940. The molecular weight excluding hydrogens is 242 g/mol. The quantitative estimate of drug-likeness (QED) is 0.908. The molecule has 1 N–H and O–H groups in total. The van der Waals surface area contributed by atoms with Gasteiger partial charge in [0.15, 0.2) is 0 Å². The maximum atomic E-state index is 5.61. The standard InChI is InChI=1S/C14H23N3O2/c1-14(2,10-5-3-7-15-9-10)13-16-12(17-19-13)11-6-4-8-18-11/h10-11,15H,3-9H2,1-2H3. The molecule has 2 atom stereocenters. The van der Waals surface area contributed by atoms with E-state index in [9.17, 15) is 0 Å². The van der Waals surface area contributed by atoms with Crippen LogP contribution < -0.4 is 5.32 Å². The molecule has 2 unspecified atom stereocenters. The van der Waals surface area contributed by atoms with Gasteiger partial charge in [0.1, 0.15) is 6.10 Å². The highest BCUT2D eigenvalue weighted by atomic mass is 16.5. The highest BCUT2D eigenvalue weighted by Crippen LogP contribution is 2.36. The van der Waals surface area contributed by atoms with E-state index in [-0.39, 0.29) is 11.5 Å². The van der Waals surface area contributed by atoms with Crippen LogP contribution in [0.4, 0.5) is 0 Å². The fraction of sp³-hybridized carbons (Fsp3) is 0.857. The van der Waals surface area contributed by atoms with E-state index in [0.29, 0.717) is 5.92 Å². The topological polar surface area (TPSA) is 60.2 Å². The Morgan fingerprint density at radius 1 is 1.26 bits per heavy atom. The molecule has 5 heteroatoms. The summed E-state index contributed by atoms with van der Waals surface area (Å²) >= 11 is 0. The van der Waals surface area contributed by atoms with Crippen molar-refractivity contribution >= 4 is 0 Å². The van der Waals surface area contributed by atoms with Crippen LogP contribution in [0.3, 0.4) is 0 Å². The fourth-order valence-corrected chi connectivity index (χ4v) is 3.05. The van der Waals surface area contributed by atoms with Gasteiger partial charge in [-0.15, -0.1) is 0 Å². The van der Waals surface area contributed by atoms with Crippen LogP contribution in [0.25, 0.3) is 0 Å². The Balaban J connectivity index is 1.76. The normalized spacial score (nSPS) is 28.7. The first-order valence-electron chi connectivity index (χ1n) is 7.34. The number of ether oxygens (including phenoxy) is 1. The van der Waals surface area contributed by atoms with Crippen LogP contribution >= 0.6 is 0 Å². The molecule has 1 aromatic rings. The Morgan fingerprint density at radius 2 is 2.16 bits per heavy atom. The minimum absolute atomic E-state index is 0.0396. The first-order valence-corrected chi connectivity index (χ1v) is 7.34. The van der Waals surface area contributed by atoms with Crippen molar-refractivity contribution in [3.63, 3.8) is 0 Å². The summed E-state index contributed by atoms with van der Waals surface area (Å²) < 4.78 is 11.1. The van der Waals surface area contributed by atoms with Gasteiger partial charge < -0.3 is 14.6 Å². The van der Waals surface area contributed by atoms with E-state index < -0.39 is 0 Å². The van der Waals surface area contributed by atoms with E-state index in [1.54, 1.807) is 0 Å². The Morgan fingerprint density at radius 3 is 2.84 bits per heavy atom. The molecule has 0 spiro atoms. The van der Waals surface area contributed by atoms with Crippen LogP contribution in [0.2, 0.25) is 0 Å². The summed E-state index contributed by atoms with van der Waals surface area (Å²) in [5.41, 5.74) is -0.0721. The highest BCUT2D eigenvalue weighted by Gasteiger charge is 2.38. The van der Waals surface area contributed by atoms with Crippen molar-refractivity contribution in [3.05, 3.63) is 11.7 Å². The maximum Gasteiger partial charge on any atom is 0.232 e. The zero-order chi connectivity index (χ0) is 13.3. The van der Waals surface area contributed by atoms with Gasteiger partial charge in [0, 0.05) is 12.0 Å². The Kier molecular flexibility index (Phi) is 3.58. The molecule has 0 bridgehead atoms. The molecule has 3 heterocycles. The number of piperidine rings is 1. The predicted octanol–water partition coefficient (Wildman–Crippen LogP) is 2.20. The largest absolute Gasteiger partial charge is 0.370 e. The van der Waals surface area contributed by atoms with Crippen LogP contribution in [0.1, 0.15) is 57.3 Å². The van der Waals surface area contributed by atoms with Gasteiger partial charge in [0.25, 0.3) is 0 Å². The molecule has 0 saturated carbocycles. The third kappa shape index (κ3) is 2.54. The zero-order valence-electron chi connectivity index (χ0n) is 11.8. The fourth-order valence-electron chi connectivity index (χ4n) is 3.05. The lowest BCUT2D eigenvalue weighted by atomic mass is 9.75. The average molecular weight is 265 g/mol. The summed E-state index contributed by atoms with van der Waals surface area (Å²) in [5.74, 6) is 2.04. The average Bonchev–Trinajstić information content (AvgIpc) is 3.10. The van der Waals surface area contributed by atoms with E-state index in [1.807, 2.05) is 0 Å². The monoisotopic (exact) mass is 265 g/mol. The lowest BCUT2D eigenvalue weighted by Gasteiger charge is -2.34. The second-order valence-corrected chi connectivity index (χ2v) is 6.22. The smallest absolute Gasteiger partial charge is 0.232 e. The summed E-state index contributed by atoms with van der Waals surface area (Å²) in [6.45, 7) is 7.38. The molecule has 2 saturated heterocycles. The van der Waals surface area contributed by atoms with Gasteiger partial charge in [0.2, 0.25) is 11.7 Å². The van der Waals surface area contributed by atoms with Gasteiger partial charge in [-0.05, 0) is 44.7 Å². The molecule has 106 valence electrons. The van der Waals surface area contributed by atoms with Crippen LogP contribution in [0.15, 0.2) is 4.52 Å². The van der Waals surface area contributed by atoms with Crippen molar-refractivity contribution in [1.29, 1.82) is 0 Å². The van der Waals surface area contributed by atoms with E-state index >= 15 is 0 Å². The third-order valence-corrected chi connectivity index (χ3v) is 4.53. The molecule has 19 heavy (non-hydrogen) atoms. The summed E-state index contributed by atoms with van der Waals surface area (Å²) in [7, 11) is 0. The van der Waals surface area contributed by atoms with Crippen LogP contribution in [0.5, 0.6) is 0 Å². The minimum atomic E-state index is -0.0721. The van der Waals surface area contributed by atoms with E-state index in [2.05, 4.69) is 29.3 Å². The van der Waals surface area contributed by atoms with E-state index in [4.69, 9.17) is 9.26 Å². The summed E-state index contributed by atoms with van der Waals surface area (Å²) in [5, 5.41) is 7.59. The number of hydrogen-bond donors (Lipinski definition) is 1. The Labute approximate surface area is 114 Å². The molecule has 2 aliphatic heterocycles. The molecule has 0 aliphatic carbocycles. The second kappa shape index (κ2) is 5.21. The van der Waals surface area contributed by atoms with Crippen molar-refractivity contribution in [3.8, 4) is 0 Å². The molecule has 5 nitrogen and oxygen atoms in total. The first-order chi connectivity index (χ1) is 9.18. The number of aromatic nitrogens is 2. The lowest BCUT2D eigenvalue weighted by molar-refractivity contribution is 0.103. The third-order valence-electron chi connectivity index (χ3n) is 4.53. The number of rotatable bonds is 3. The molecule has 0 radical (unpaired) electrons. The van der Waals surface area contributed by atoms with Crippen LogP contribution in [-0.4, -0.2) is 29.8 Å². The molecule has 2 fully saturated rings. The zero-order valence-corrected chi connectivity index (χ0v) is 11.8. The van der Waals surface area contributed by atoms with Crippen molar-refractivity contribution in [1.82, 2.24) is 15.5 Å². The molecule has 1 aromatic heterocycles. The number of nitrogens with one attached hydrogen (secondary N) is 1. The number of nitrogens with zero attached hydrogens (tertiary/aromatic N) is 2. The van der Waals surface area contributed by atoms with Gasteiger partial charge in [-0.2, -0.15) is 4.98 Å².